The first kappa shape index (κ1) is 26.3. The van der Waals surface area contributed by atoms with Crippen LogP contribution in [-0.2, 0) is 17.5 Å². The molecule has 0 saturated carbocycles. The highest BCUT2D eigenvalue weighted by Crippen LogP contribution is 2.39. The number of hydrogen-bond donors (Lipinski definition) is 1. The lowest BCUT2D eigenvalue weighted by molar-refractivity contribution is -0.137. The Morgan fingerprint density at radius 1 is 0.895 bits per heavy atom. The Labute approximate surface area is 213 Å². The summed E-state index contributed by atoms with van der Waals surface area (Å²) in [6, 6.07) is 13.1. The minimum Gasteiger partial charge on any atom is -0.493 e. The van der Waals surface area contributed by atoms with E-state index in [0.717, 1.165) is 27.3 Å². The molecule has 0 fully saturated rings. The van der Waals surface area contributed by atoms with Crippen LogP contribution in [0.15, 0.2) is 70.3 Å². The van der Waals surface area contributed by atoms with Gasteiger partial charge in [-0.1, -0.05) is 18.2 Å². The van der Waals surface area contributed by atoms with E-state index in [-0.39, 0.29) is 39.5 Å². The molecule has 0 aliphatic heterocycles. The van der Waals surface area contributed by atoms with Crippen LogP contribution in [0.1, 0.15) is 5.56 Å². The second kappa shape index (κ2) is 10.3. The molecule has 1 amide bonds. The lowest BCUT2D eigenvalue weighted by Crippen LogP contribution is -2.40. The quantitative estimate of drug-likeness (QED) is 0.391. The Morgan fingerprint density at radius 2 is 1.55 bits per heavy atom. The highest BCUT2D eigenvalue weighted by molar-refractivity contribution is 5.91. The van der Waals surface area contributed by atoms with Crippen LogP contribution >= 0.6 is 0 Å². The number of rotatable bonds is 7. The van der Waals surface area contributed by atoms with Crippen LogP contribution < -0.4 is 30.8 Å². The number of carbonyl (C=O) groups is 1. The normalized spacial score (nSPS) is 11.3. The van der Waals surface area contributed by atoms with Crippen molar-refractivity contribution in [3.8, 4) is 22.9 Å². The van der Waals surface area contributed by atoms with Gasteiger partial charge in [0.15, 0.2) is 11.5 Å². The molecule has 0 atom stereocenters. The van der Waals surface area contributed by atoms with E-state index < -0.39 is 35.4 Å². The predicted octanol–water partition coefficient (Wildman–Crippen LogP) is 3.84. The molecule has 4 rings (SSSR count). The van der Waals surface area contributed by atoms with Crippen molar-refractivity contribution in [2.45, 2.75) is 12.7 Å². The molecule has 1 aromatic heterocycles. The Balaban J connectivity index is 1.84. The first-order valence-corrected chi connectivity index (χ1v) is 11.1. The van der Waals surface area contributed by atoms with Gasteiger partial charge in [0.25, 0.3) is 5.56 Å². The topological polar surface area (TPSA) is 101 Å². The molecule has 1 N–H and O–H groups in total. The standard InChI is InChI=1S/C26H22F3N3O6/c1-36-20-12-17(13-21(37-2)23(20)38-3)32-24(34)18-9-4-5-10-19(18)31(25(32)35)14-22(33)30-16-8-6-7-15(11-16)26(27,28)29/h4-13H,14H2,1-3H3,(H,30,33). The zero-order chi connectivity index (χ0) is 27.6. The number of carbonyl (C=O) groups excluding carboxylic acids is 1. The Morgan fingerprint density at radius 3 is 2.16 bits per heavy atom. The van der Waals surface area contributed by atoms with Crippen molar-refractivity contribution < 1.29 is 32.2 Å². The van der Waals surface area contributed by atoms with Gasteiger partial charge in [0.1, 0.15) is 6.54 Å². The maximum absolute atomic E-state index is 13.6. The van der Waals surface area contributed by atoms with Crippen LogP contribution in [0.2, 0.25) is 0 Å². The van der Waals surface area contributed by atoms with Gasteiger partial charge in [0, 0.05) is 17.8 Å². The minimum atomic E-state index is -4.59. The molecule has 0 radical (unpaired) electrons. The number of fused-ring (bicyclic) bond motifs is 1. The number of methoxy groups -OCH3 is 3. The number of ether oxygens (including phenoxy) is 3. The summed E-state index contributed by atoms with van der Waals surface area (Å²) < 4.78 is 57.1. The largest absolute Gasteiger partial charge is 0.493 e. The molecule has 0 aliphatic rings. The number of benzene rings is 3. The van der Waals surface area contributed by atoms with Gasteiger partial charge in [0.2, 0.25) is 11.7 Å². The number of amides is 1. The summed E-state index contributed by atoms with van der Waals surface area (Å²) >= 11 is 0. The summed E-state index contributed by atoms with van der Waals surface area (Å²) in [4.78, 5) is 39.9. The van der Waals surface area contributed by atoms with E-state index in [9.17, 15) is 27.6 Å². The molecule has 3 aromatic carbocycles. The molecule has 4 aromatic rings. The lowest BCUT2D eigenvalue weighted by Gasteiger charge is -2.17. The van der Waals surface area contributed by atoms with Gasteiger partial charge in [-0.2, -0.15) is 13.2 Å². The van der Waals surface area contributed by atoms with E-state index in [1.165, 1.54) is 51.7 Å². The average molecular weight is 529 g/mol. The molecule has 0 aliphatic carbocycles. The van der Waals surface area contributed by atoms with Crippen molar-refractivity contribution in [3.63, 3.8) is 0 Å². The summed E-state index contributed by atoms with van der Waals surface area (Å²) in [6.07, 6.45) is -4.59. The molecular weight excluding hydrogens is 507 g/mol. The van der Waals surface area contributed by atoms with Gasteiger partial charge in [-0.3, -0.25) is 14.2 Å². The van der Waals surface area contributed by atoms with Crippen LogP contribution in [0.25, 0.3) is 16.6 Å². The van der Waals surface area contributed by atoms with Crippen molar-refractivity contribution in [3.05, 3.63) is 87.1 Å². The van der Waals surface area contributed by atoms with Crippen LogP contribution in [0, 0.1) is 0 Å². The number of hydrogen-bond acceptors (Lipinski definition) is 6. The molecule has 12 heteroatoms. The zero-order valence-corrected chi connectivity index (χ0v) is 20.5. The second-order valence-electron chi connectivity index (χ2n) is 8.04. The van der Waals surface area contributed by atoms with Crippen molar-refractivity contribution in [1.82, 2.24) is 9.13 Å². The fraction of sp³-hybridized carbons (Fsp3) is 0.192. The third-order valence-electron chi connectivity index (χ3n) is 5.73. The number of aromatic nitrogens is 2. The number of anilines is 1. The predicted molar refractivity (Wildman–Crippen MR) is 134 cm³/mol. The third-order valence-corrected chi connectivity index (χ3v) is 5.73. The van der Waals surface area contributed by atoms with E-state index in [4.69, 9.17) is 14.2 Å². The summed E-state index contributed by atoms with van der Waals surface area (Å²) in [5.74, 6) is -0.148. The zero-order valence-electron chi connectivity index (χ0n) is 20.5. The van der Waals surface area contributed by atoms with Crippen LogP contribution in [0.4, 0.5) is 18.9 Å². The van der Waals surface area contributed by atoms with E-state index in [2.05, 4.69) is 5.32 Å². The van der Waals surface area contributed by atoms with Gasteiger partial charge in [-0.05, 0) is 30.3 Å². The first-order valence-electron chi connectivity index (χ1n) is 11.1. The molecule has 0 spiro atoms. The summed E-state index contributed by atoms with van der Waals surface area (Å²) in [5.41, 5.74) is -2.29. The van der Waals surface area contributed by atoms with Crippen LogP contribution in [-0.4, -0.2) is 36.4 Å². The van der Waals surface area contributed by atoms with Crippen molar-refractivity contribution in [2.75, 3.05) is 26.6 Å². The highest BCUT2D eigenvalue weighted by Gasteiger charge is 2.30. The Bertz CT molecular complexity index is 1620. The van der Waals surface area contributed by atoms with Crippen molar-refractivity contribution >= 4 is 22.5 Å². The van der Waals surface area contributed by atoms with Gasteiger partial charge < -0.3 is 19.5 Å². The van der Waals surface area contributed by atoms with Gasteiger partial charge in [0.05, 0.1) is 43.5 Å². The molecule has 0 unspecified atom stereocenters. The smallest absolute Gasteiger partial charge is 0.416 e. The van der Waals surface area contributed by atoms with E-state index in [0.29, 0.717) is 0 Å². The maximum atomic E-state index is 13.6. The lowest BCUT2D eigenvalue weighted by atomic mass is 10.2. The molecular formula is C26H22F3N3O6. The molecule has 0 saturated heterocycles. The summed E-state index contributed by atoms with van der Waals surface area (Å²) in [7, 11) is 4.15. The maximum Gasteiger partial charge on any atom is 0.416 e. The monoisotopic (exact) mass is 529 g/mol. The van der Waals surface area contributed by atoms with E-state index in [1.54, 1.807) is 12.1 Å². The van der Waals surface area contributed by atoms with E-state index in [1.807, 2.05) is 0 Å². The van der Waals surface area contributed by atoms with Gasteiger partial charge in [-0.25, -0.2) is 9.36 Å². The average Bonchev–Trinajstić information content (AvgIpc) is 2.90. The van der Waals surface area contributed by atoms with Crippen LogP contribution in [0.3, 0.4) is 0 Å². The molecule has 38 heavy (non-hydrogen) atoms. The third kappa shape index (κ3) is 4.92. The summed E-state index contributed by atoms with van der Waals surface area (Å²) in [5, 5.41) is 2.51. The van der Waals surface area contributed by atoms with Crippen molar-refractivity contribution in [1.29, 1.82) is 0 Å². The fourth-order valence-electron chi connectivity index (χ4n) is 4.02. The van der Waals surface area contributed by atoms with Gasteiger partial charge in [-0.15, -0.1) is 0 Å². The number of halogens is 3. The Kier molecular flexibility index (Phi) is 7.15. The highest BCUT2D eigenvalue weighted by atomic mass is 19.4. The first-order chi connectivity index (χ1) is 18.1. The number of nitrogens with zero attached hydrogens (tertiary/aromatic N) is 2. The second-order valence-corrected chi connectivity index (χ2v) is 8.04. The molecule has 1 heterocycles. The van der Waals surface area contributed by atoms with Crippen molar-refractivity contribution in [2.24, 2.45) is 0 Å². The van der Waals surface area contributed by atoms with Crippen LogP contribution in [0.5, 0.6) is 17.2 Å². The molecule has 0 bridgehead atoms. The number of nitrogens with one attached hydrogen (secondary N) is 1. The SMILES string of the molecule is COc1cc(-n2c(=O)c3ccccc3n(CC(=O)Nc3cccc(C(F)(F)F)c3)c2=O)cc(OC)c1OC. The number of alkyl halides is 3. The molecule has 9 nitrogen and oxygen atoms in total. The Hall–Kier alpha value is -4.74. The fourth-order valence-corrected chi connectivity index (χ4v) is 4.02. The minimum absolute atomic E-state index is 0.0901. The summed E-state index contributed by atoms with van der Waals surface area (Å²) in [6.45, 7) is -0.583. The number of para-hydroxylation sites is 1. The molecule has 198 valence electrons. The van der Waals surface area contributed by atoms with E-state index >= 15 is 0 Å². The van der Waals surface area contributed by atoms with Gasteiger partial charge >= 0.3 is 11.9 Å².